The second kappa shape index (κ2) is 6.21. The first kappa shape index (κ1) is 13.5. The minimum atomic E-state index is -1.10. The summed E-state index contributed by atoms with van der Waals surface area (Å²) in [5.74, 6) is -1.10. The number of carboxylic acids is 1. The van der Waals surface area contributed by atoms with Crippen molar-refractivity contribution in [2.45, 2.75) is 0 Å². The molecule has 1 aromatic rings. The lowest BCUT2D eigenvalue weighted by molar-refractivity contribution is 0.0698. The van der Waals surface area contributed by atoms with E-state index in [0.717, 1.165) is 0 Å². The number of nitrogens with one attached hydrogen (secondary N) is 2. The van der Waals surface area contributed by atoms with E-state index >= 15 is 0 Å². The first-order valence-electron chi connectivity index (χ1n) is 4.82. The first-order valence-corrected chi connectivity index (χ1v) is 5.61. The molecule has 0 fully saturated rings. The molecule has 2 amide bonds. The number of halogens is 1. The van der Waals surface area contributed by atoms with Crippen molar-refractivity contribution in [2.24, 2.45) is 5.73 Å². The molecular formula is C10H12BrN3O3. The summed E-state index contributed by atoms with van der Waals surface area (Å²) in [7, 11) is 0. The molecule has 0 atom stereocenters. The molecule has 0 aromatic heterocycles. The zero-order valence-corrected chi connectivity index (χ0v) is 10.5. The van der Waals surface area contributed by atoms with Gasteiger partial charge in [0, 0.05) is 17.6 Å². The normalized spacial score (nSPS) is 9.76. The molecule has 0 saturated carbocycles. The maximum atomic E-state index is 11.4. The van der Waals surface area contributed by atoms with Crippen LogP contribution in [0.1, 0.15) is 10.4 Å². The quantitative estimate of drug-likeness (QED) is 0.671. The molecule has 0 aliphatic rings. The molecule has 0 radical (unpaired) electrons. The number of hydrogen-bond acceptors (Lipinski definition) is 3. The van der Waals surface area contributed by atoms with Crippen LogP contribution in [0.4, 0.5) is 10.5 Å². The highest BCUT2D eigenvalue weighted by molar-refractivity contribution is 9.10. The molecule has 1 aromatic carbocycles. The summed E-state index contributed by atoms with van der Waals surface area (Å²) in [4.78, 5) is 22.3. The van der Waals surface area contributed by atoms with Gasteiger partial charge in [-0.25, -0.2) is 9.59 Å². The second-order valence-corrected chi connectivity index (χ2v) is 4.08. The Morgan fingerprint density at radius 3 is 2.71 bits per heavy atom. The maximum Gasteiger partial charge on any atom is 0.337 e. The molecule has 0 unspecified atom stereocenters. The third kappa shape index (κ3) is 4.04. The zero-order chi connectivity index (χ0) is 12.8. The summed E-state index contributed by atoms with van der Waals surface area (Å²) in [6.45, 7) is 0.639. The fourth-order valence-corrected chi connectivity index (χ4v) is 1.52. The van der Waals surface area contributed by atoms with Crippen LogP contribution in [0.5, 0.6) is 0 Å². The molecule has 7 heteroatoms. The Bertz CT molecular complexity index is 437. The minimum Gasteiger partial charge on any atom is -0.478 e. The van der Waals surface area contributed by atoms with E-state index in [1.165, 1.54) is 12.1 Å². The van der Waals surface area contributed by atoms with E-state index in [1.807, 2.05) is 0 Å². The van der Waals surface area contributed by atoms with Gasteiger partial charge in [-0.15, -0.1) is 0 Å². The molecule has 1 rings (SSSR count). The molecule has 0 aliphatic carbocycles. The van der Waals surface area contributed by atoms with Gasteiger partial charge in [0.2, 0.25) is 0 Å². The summed E-state index contributed by atoms with van der Waals surface area (Å²) in [6, 6.07) is 4.03. The van der Waals surface area contributed by atoms with E-state index in [1.54, 1.807) is 6.07 Å². The molecule has 0 saturated heterocycles. The Hall–Kier alpha value is -1.60. The van der Waals surface area contributed by atoms with Gasteiger partial charge in [-0.05, 0) is 18.2 Å². The van der Waals surface area contributed by atoms with Crippen molar-refractivity contribution < 1.29 is 14.7 Å². The van der Waals surface area contributed by atoms with Crippen LogP contribution < -0.4 is 16.4 Å². The van der Waals surface area contributed by atoms with E-state index < -0.39 is 12.0 Å². The number of urea groups is 1. The number of hydrogen-bond donors (Lipinski definition) is 4. The first-order chi connectivity index (χ1) is 8.04. The molecule has 0 aliphatic heterocycles. The number of carbonyl (C=O) groups excluding carboxylic acids is 1. The molecule has 6 nitrogen and oxygen atoms in total. The largest absolute Gasteiger partial charge is 0.478 e. The number of carboxylic acid groups (broad SMARTS) is 1. The number of carbonyl (C=O) groups is 2. The lowest BCUT2D eigenvalue weighted by Gasteiger charge is -2.09. The van der Waals surface area contributed by atoms with Gasteiger partial charge >= 0.3 is 12.0 Å². The van der Waals surface area contributed by atoms with Gasteiger partial charge in [-0.1, -0.05) is 15.9 Å². The van der Waals surface area contributed by atoms with Crippen molar-refractivity contribution in [1.82, 2.24) is 5.32 Å². The van der Waals surface area contributed by atoms with Crippen LogP contribution in [-0.2, 0) is 0 Å². The van der Waals surface area contributed by atoms with E-state index in [-0.39, 0.29) is 11.3 Å². The predicted octanol–water partition coefficient (Wildman–Crippen LogP) is 1.23. The fraction of sp³-hybridized carbons (Fsp3) is 0.200. The van der Waals surface area contributed by atoms with E-state index in [2.05, 4.69) is 26.6 Å². The van der Waals surface area contributed by atoms with E-state index in [4.69, 9.17) is 10.8 Å². The number of nitrogens with two attached hydrogens (primary N) is 1. The van der Waals surface area contributed by atoms with Crippen molar-refractivity contribution in [3.05, 3.63) is 28.2 Å². The van der Waals surface area contributed by atoms with Crippen molar-refractivity contribution in [2.75, 3.05) is 18.4 Å². The van der Waals surface area contributed by atoms with Crippen LogP contribution in [0, 0.1) is 0 Å². The Morgan fingerprint density at radius 1 is 1.41 bits per heavy atom. The number of amides is 2. The summed E-state index contributed by atoms with van der Waals surface area (Å²) < 4.78 is 0.677. The van der Waals surface area contributed by atoms with Crippen LogP contribution in [0.25, 0.3) is 0 Å². The predicted molar refractivity (Wildman–Crippen MR) is 67.2 cm³/mol. The lowest BCUT2D eigenvalue weighted by Crippen LogP contribution is -2.33. The van der Waals surface area contributed by atoms with Gasteiger partial charge in [-0.3, -0.25) is 0 Å². The smallest absolute Gasteiger partial charge is 0.337 e. The number of rotatable bonds is 4. The Balaban J connectivity index is 2.85. The summed E-state index contributed by atoms with van der Waals surface area (Å²) in [6.07, 6.45) is 0. The maximum absolute atomic E-state index is 11.4. The third-order valence-electron chi connectivity index (χ3n) is 1.89. The monoisotopic (exact) mass is 301 g/mol. The highest BCUT2D eigenvalue weighted by Crippen LogP contribution is 2.21. The van der Waals surface area contributed by atoms with Gasteiger partial charge in [0.15, 0.2) is 0 Å². The third-order valence-corrected chi connectivity index (χ3v) is 2.38. The molecule has 0 spiro atoms. The SMILES string of the molecule is NCCNC(=O)Nc1cc(Br)ccc1C(=O)O. The Labute approximate surface area is 106 Å². The summed E-state index contributed by atoms with van der Waals surface area (Å²) in [5, 5.41) is 13.9. The highest BCUT2D eigenvalue weighted by Gasteiger charge is 2.12. The lowest BCUT2D eigenvalue weighted by atomic mass is 10.2. The van der Waals surface area contributed by atoms with Crippen LogP contribution in [0.15, 0.2) is 22.7 Å². The summed E-state index contributed by atoms with van der Waals surface area (Å²) >= 11 is 3.20. The molecule has 0 heterocycles. The molecule has 92 valence electrons. The average Bonchev–Trinajstić information content (AvgIpc) is 2.26. The molecule has 17 heavy (non-hydrogen) atoms. The Morgan fingerprint density at radius 2 is 2.12 bits per heavy atom. The van der Waals surface area contributed by atoms with E-state index in [9.17, 15) is 9.59 Å². The number of aromatic carboxylic acids is 1. The van der Waals surface area contributed by atoms with Gasteiger partial charge in [0.1, 0.15) is 0 Å². The van der Waals surface area contributed by atoms with Gasteiger partial charge in [0.25, 0.3) is 0 Å². The molecule has 0 bridgehead atoms. The minimum absolute atomic E-state index is 0.0242. The van der Waals surface area contributed by atoms with Crippen LogP contribution in [0.3, 0.4) is 0 Å². The topological polar surface area (TPSA) is 104 Å². The average molecular weight is 302 g/mol. The number of benzene rings is 1. The molecule has 5 N–H and O–H groups in total. The van der Waals surface area contributed by atoms with Crippen LogP contribution in [0.2, 0.25) is 0 Å². The standard InChI is InChI=1S/C10H12BrN3O3/c11-6-1-2-7(9(15)16)8(5-6)14-10(17)13-4-3-12/h1-2,5H,3-4,12H2,(H,15,16)(H2,13,14,17). The highest BCUT2D eigenvalue weighted by atomic mass is 79.9. The van der Waals surface area contributed by atoms with Crippen molar-refractivity contribution in [3.63, 3.8) is 0 Å². The second-order valence-electron chi connectivity index (χ2n) is 3.16. The van der Waals surface area contributed by atoms with Gasteiger partial charge < -0.3 is 21.5 Å². The van der Waals surface area contributed by atoms with Gasteiger partial charge in [0.05, 0.1) is 11.3 Å². The molecular weight excluding hydrogens is 290 g/mol. The number of anilines is 1. The van der Waals surface area contributed by atoms with Crippen molar-refractivity contribution in [1.29, 1.82) is 0 Å². The summed E-state index contributed by atoms with van der Waals surface area (Å²) in [5.41, 5.74) is 5.48. The van der Waals surface area contributed by atoms with Crippen molar-refractivity contribution >= 4 is 33.6 Å². The zero-order valence-electron chi connectivity index (χ0n) is 8.87. The van der Waals surface area contributed by atoms with Crippen LogP contribution >= 0.6 is 15.9 Å². The van der Waals surface area contributed by atoms with E-state index in [0.29, 0.717) is 17.6 Å². The van der Waals surface area contributed by atoms with Crippen LogP contribution in [-0.4, -0.2) is 30.2 Å². The van der Waals surface area contributed by atoms with Crippen molar-refractivity contribution in [3.8, 4) is 0 Å². The fourth-order valence-electron chi connectivity index (χ4n) is 1.16. The van der Waals surface area contributed by atoms with Gasteiger partial charge in [-0.2, -0.15) is 0 Å². The Kier molecular flexibility index (Phi) is 4.92.